The molecule has 0 unspecified atom stereocenters. The minimum absolute atomic E-state index is 0.0795. The third-order valence-corrected chi connectivity index (χ3v) is 6.68. The molecule has 28 heavy (non-hydrogen) atoms. The Hall–Kier alpha value is -1.99. The highest BCUT2D eigenvalue weighted by Gasteiger charge is 2.30. The van der Waals surface area contributed by atoms with Crippen molar-refractivity contribution in [1.82, 2.24) is 13.5 Å². The predicted octanol–water partition coefficient (Wildman–Crippen LogP) is 0.974. The summed E-state index contributed by atoms with van der Waals surface area (Å²) in [6.45, 7) is 6.21. The van der Waals surface area contributed by atoms with Gasteiger partial charge >= 0.3 is 0 Å². The second-order valence-corrected chi connectivity index (χ2v) is 9.41. The topological polar surface area (TPSA) is 88.0 Å². The number of anilines is 1. The van der Waals surface area contributed by atoms with Crippen LogP contribution in [-0.2, 0) is 15.0 Å². The monoisotopic (exact) mass is 407 g/mol. The fraction of sp³-hybridized carbons (Fsp3) is 0.579. The van der Waals surface area contributed by atoms with Gasteiger partial charge in [-0.2, -0.15) is 22.3 Å². The normalized spacial score (nSPS) is 16.1. The number of amides is 1. The summed E-state index contributed by atoms with van der Waals surface area (Å²) in [5.41, 5.74) is 2.92. The fourth-order valence-electron chi connectivity index (χ4n) is 3.29. The number of piperazine rings is 1. The SMILES string of the molecule is Cc1cc(C)cc(N(CCC#N)C(=O)CN2CCN(S(=O)(=O)N(C)C)CC2)c1. The number of carbonyl (C=O) groups excluding carboxylic acids is 1. The second kappa shape index (κ2) is 9.47. The molecule has 9 heteroatoms. The summed E-state index contributed by atoms with van der Waals surface area (Å²) in [5.74, 6) is -0.0795. The maximum atomic E-state index is 13.0. The quantitative estimate of drug-likeness (QED) is 0.672. The van der Waals surface area contributed by atoms with E-state index in [-0.39, 0.29) is 18.9 Å². The van der Waals surface area contributed by atoms with Gasteiger partial charge in [-0.3, -0.25) is 9.69 Å². The highest BCUT2D eigenvalue weighted by Crippen LogP contribution is 2.20. The van der Waals surface area contributed by atoms with Gasteiger partial charge < -0.3 is 4.90 Å². The van der Waals surface area contributed by atoms with Crippen molar-refractivity contribution in [3.05, 3.63) is 29.3 Å². The van der Waals surface area contributed by atoms with Gasteiger partial charge in [0.1, 0.15) is 0 Å². The third kappa shape index (κ3) is 5.52. The van der Waals surface area contributed by atoms with Gasteiger partial charge in [-0.25, -0.2) is 0 Å². The van der Waals surface area contributed by atoms with Gasteiger partial charge in [-0.1, -0.05) is 6.07 Å². The summed E-state index contributed by atoms with van der Waals surface area (Å²) in [7, 11) is -0.392. The Balaban J connectivity index is 2.05. The summed E-state index contributed by atoms with van der Waals surface area (Å²) in [6, 6.07) is 8.04. The Morgan fingerprint density at radius 3 is 2.18 bits per heavy atom. The molecule has 0 spiro atoms. The van der Waals surface area contributed by atoms with Crippen molar-refractivity contribution < 1.29 is 13.2 Å². The first-order valence-corrected chi connectivity index (χ1v) is 10.7. The minimum atomic E-state index is -3.42. The van der Waals surface area contributed by atoms with Crippen LogP contribution in [0.15, 0.2) is 18.2 Å². The zero-order valence-corrected chi connectivity index (χ0v) is 17.9. The van der Waals surface area contributed by atoms with Crippen molar-refractivity contribution in [3.63, 3.8) is 0 Å². The number of nitrogens with zero attached hydrogens (tertiary/aromatic N) is 5. The smallest absolute Gasteiger partial charge is 0.281 e. The molecule has 1 heterocycles. The standard InChI is InChI=1S/C19H29N5O3S/c1-16-12-17(2)14-18(13-16)24(7-5-6-20)19(25)15-22-8-10-23(11-9-22)28(26,27)21(3)4/h12-14H,5,7-11,15H2,1-4H3. The summed E-state index contributed by atoms with van der Waals surface area (Å²) in [5, 5.41) is 8.96. The zero-order valence-electron chi connectivity index (χ0n) is 17.1. The van der Waals surface area contributed by atoms with Crippen LogP contribution in [0.25, 0.3) is 0 Å². The number of hydrogen-bond acceptors (Lipinski definition) is 5. The lowest BCUT2D eigenvalue weighted by atomic mass is 10.1. The third-order valence-electron chi connectivity index (χ3n) is 4.74. The lowest BCUT2D eigenvalue weighted by molar-refractivity contribution is -0.120. The molecule has 1 aliphatic rings. The van der Waals surface area contributed by atoms with E-state index < -0.39 is 10.2 Å². The van der Waals surface area contributed by atoms with E-state index in [2.05, 4.69) is 6.07 Å². The average Bonchev–Trinajstić information content (AvgIpc) is 2.61. The molecule has 1 aromatic rings. The van der Waals surface area contributed by atoms with Crippen LogP contribution >= 0.6 is 0 Å². The first kappa shape index (κ1) is 22.3. The van der Waals surface area contributed by atoms with Gasteiger partial charge in [0, 0.05) is 52.5 Å². The van der Waals surface area contributed by atoms with E-state index >= 15 is 0 Å². The van der Waals surface area contributed by atoms with Crippen molar-refractivity contribution in [1.29, 1.82) is 5.26 Å². The van der Waals surface area contributed by atoms with Crippen LogP contribution in [0.5, 0.6) is 0 Å². The van der Waals surface area contributed by atoms with Crippen molar-refractivity contribution >= 4 is 21.8 Å². The highest BCUT2D eigenvalue weighted by atomic mass is 32.2. The molecule has 1 fully saturated rings. The molecule has 2 rings (SSSR count). The zero-order chi connectivity index (χ0) is 20.9. The molecular formula is C19H29N5O3S. The number of hydrogen-bond donors (Lipinski definition) is 0. The van der Waals surface area contributed by atoms with Gasteiger partial charge in [0.05, 0.1) is 19.0 Å². The molecule has 154 valence electrons. The van der Waals surface area contributed by atoms with Crippen molar-refractivity contribution in [2.75, 3.05) is 58.3 Å². The van der Waals surface area contributed by atoms with E-state index in [4.69, 9.17) is 5.26 Å². The fourth-order valence-corrected chi connectivity index (χ4v) is 4.38. The predicted molar refractivity (Wildman–Crippen MR) is 109 cm³/mol. The number of nitriles is 1. The van der Waals surface area contributed by atoms with Gasteiger partial charge in [-0.05, 0) is 37.1 Å². The lowest BCUT2D eigenvalue weighted by Crippen LogP contribution is -2.53. The van der Waals surface area contributed by atoms with E-state index in [0.29, 0.717) is 32.7 Å². The molecule has 0 bridgehead atoms. The maximum absolute atomic E-state index is 13.0. The summed E-state index contributed by atoms with van der Waals surface area (Å²) < 4.78 is 27.1. The van der Waals surface area contributed by atoms with E-state index in [1.54, 1.807) is 4.90 Å². The van der Waals surface area contributed by atoms with Crippen LogP contribution in [0.3, 0.4) is 0 Å². The Bertz CT molecular complexity index is 819. The van der Waals surface area contributed by atoms with Crippen LogP contribution in [0.4, 0.5) is 5.69 Å². The Morgan fingerprint density at radius 2 is 1.68 bits per heavy atom. The summed E-state index contributed by atoms with van der Waals surface area (Å²) >= 11 is 0. The molecule has 0 saturated carbocycles. The van der Waals surface area contributed by atoms with Gasteiger partial charge in [0.15, 0.2) is 0 Å². The van der Waals surface area contributed by atoms with Crippen molar-refractivity contribution in [2.45, 2.75) is 20.3 Å². The van der Waals surface area contributed by atoms with E-state index in [1.165, 1.54) is 22.7 Å². The van der Waals surface area contributed by atoms with Gasteiger partial charge in [0.2, 0.25) is 5.91 Å². The van der Waals surface area contributed by atoms with Crippen LogP contribution in [-0.4, -0.2) is 81.2 Å². The first-order valence-electron chi connectivity index (χ1n) is 9.30. The number of aryl methyl sites for hydroxylation is 2. The van der Waals surface area contributed by atoms with Crippen LogP contribution in [0.2, 0.25) is 0 Å². The molecule has 8 nitrogen and oxygen atoms in total. The minimum Gasteiger partial charge on any atom is -0.310 e. The number of rotatable bonds is 7. The second-order valence-electron chi connectivity index (χ2n) is 7.26. The molecule has 1 aromatic carbocycles. The molecule has 0 aliphatic carbocycles. The molecule has 1 saturated heterocycles. The molecule has 0 aromatic heterocycles. The van der Waals surface area contributed by atoms with E-state index in [0.717, 1.165) is 16.8 Å². The largest absolute Gasteiger partial charge is 0.310 e. The lowest BCUT2D eigenvalue weighted by Gasteiger charge is -2.35. The Kier molecular flexibility index (Phi) is 7.55. The van der Waals surface area contributed by atoms with E-state index in [9.17, 15) is 13.2 Å². The van der Waals surface area contributed by atoms with Gasteiger partial charge in [-0.15, -0.1) is 0 Å². The molecular weight excluding hydrogens is 378 g/mol. The van der Waals surface area contributed by atoms with Crippen LogP contribution in [0.1, 0.15) is 17.5 Å². The van der Waals surface area contributed by atoms with Crippen molar-refractivity contribution in [3.8, 4) is 6.07 Å². The van der Waals surface area contributed by atoms with Gasteiger partial charge in [0.25, 0.3) is 10.2 Å². The molecule has 1 aliphatic heterocycles. The number of benzene rings is 1. The molecule has 0 radical (unpaired) electrons. The summed E-state index contributed by atoms with van der Waals surface area (Å²) in [4.78, 5) is 16.6. The molecule has 0 N–H and O–H groups in total. The average molecular weight is 408 g/mol. The van der Waals surface area contributed by atoms with Crippen LogP contribution < -0.4 is 4.90 Å². The Morgan fingerprint density at radius 1 is 1.11 bits per heavy atom. The molecule has 1 amide bonds. The first-order chi connectivity index (χ1) is 13.1. The molecule has 0 atom stereocenters. The van der Waals surface area contributed by atoms with Crippen molar-refractivity contribution in [2.24, 2.45) is 0 Å². The maximum Gasteiger partial charge on any atom is 0.281 e. The summed E-state index contributed by atoms with van der Waals surface area (Å²) in [6.07, 6.45) is 0.258. The van der Waals surface area contributed by atoms with Crippen LogP contribution in [0, 0.1) is 25.2 Å². The Labute approximate surface area is 168 Å². The number of carbonyl (C=O) groups is 1. The van der Waals surface area contributed by atoms with E-state index in [1.807, 2.05) is 36.9 Å². The highest BCUT2D eigenvalue weighted by molar-refractivity contribution is 7.86.